The smallest absolute Gasteiger partial charge is 0.246 e. The van der Waals surface area contributed by atoms with Gasteiger partial charge in [-0.15, -0.1) is 0 Å². The topological polar surface area (TPSA) is 49.4 Å². The van der Waals surface area contributed by atoms with Crippen molar-refractivity contribution in [3.05, 3.63) is 35.6 Å². The van der Waals surface area contributed by atoms with Crippen molar-refractivity contribution in [2.24, 2.45) is 5.92 Å². The third-order valence-electron chi connectivity index (χ3n) is 4.35. The van der Waals surface area contributed by atoms with Gasteiger partial charge in [-0.25, -0.2) is 4.39 Å². The minimum Gasteiger partial charge on any atom is -0.299 e. The predicted octanol–water partition coefficient (Wildman–Crippen LogP) is 2.01. The van der Waals surface area contributed by atoms with Crippen molar-refractivity contribution in [3.8, 4) is 0 Å². The van der Waals surface area contributed by atoms with E-state index in [4.69, 9.17) is 0 Å². The van der Waals surface area contributed by atoms with Gasteiger partial charge in [0.15, 0.2) is 0 Å². The van der Waals surface area contributed by atoms with E-state index < -0.39 is 0 Å². The summed E-state index contributed by atoms with van der Waals surface area (Å²) in [5, 5.41) is 3.39. The van der Waals surface area contributed by atoms with Crippen LogP contribution in [0.1, 0.15) is 37.3 Å². The Morgan fingerprint density at radius 3 is 2.48 bits per heavy atom. The molecule has 112 valence electrons. The van der Waals surface area contributed by atoms with E-state index in [-0.39, 0.29) is 29.7 Å². The van der Waals surface area contributed by atoms with E-state index in [1.54, 1.807) is 12.1 Å². The maximum absolute atomic E-state index is 13.1. The highest BCUT2D eigenvalue weighted by molar-refractivity contribution is 6.00. The van der Waals surface area contributed by atoms with Crippen molar-refractivity contribution in [2.45, 2.75) is 37.8 Å². The predicted molar refractivity (Wildman–Crippen MR) is 75.8 cm³/mol. The maximum atomic E-state index is 13.1. The molecule has 2 fully saturated rings. The van der Waals surface area contributed by atoms with Gasteiger partial charge in [0.05, 0.1) is 6.04 Å². The third kappa shape index (κ3) is 2.97. The molecular weight excluding hydrogens is 271 g/mol. The van der Waals surface area contributed by atoms with E-state index in [1.165, 1.54) is 24.1 Å². The van der Waals surface area contributed by atoms with E-state index in [0.717, 1.165) is 18.4 Å². The minimum atomic E-state index is -0.330. The highest BCUT2D eigenvalue weighted by Crippen LogP contribution is 2.41. The molecule has 5 heteroatoms. The molecular formula is C16H19FN2O2. The zero-order chi connectivity index (χ0) is 15.0. The van der Waals surface area contributed by atoms with E-state index in [9.17, 15) is 14.0 Å². The Bertz CT molecular complexity index is 554. The molecule has 1 aromatic rings. The second kappa shape index (κ2) is 5.56. The van der Waals surface area contributed by atoms with Crippen LogP contribution >= 0.6 is 0 Å². The number of piperidine rings is 1. The number of nitrogens with one attached hydrogen (secondary N) is 1. The first-order valence-corrected chi connectivity index (χ1v) is 7.38. The Labute approximate surface area is 123 Å². The average molecular weight is 290 g/mol. The third-order valence-corrected chi connectivity index (χ3v) is 4.35. The molecule has 3 rings (SSSR count). The molecule has 2 aliphatic rings. The molecule has 0 aromatic heterocycles. The Kier molecular flexibility index (Phi) is 3.76. The zero-order valence-electron chi connectivity index (χ0n) is 12.0. The molecule has 2 atom stereocenters. The summed E-state index contributed by atoms with van der Waals surface area (Å²) in [4.78, 5) is 24.9. The zero-order valence-corrected chi connectivity index (χ0v) is 12.0. The summed E-state index contributed by atoms with van der Waals surface area (Å²) in [5.74, 6) is -0.0552. The number of amides is 2. The second-order valence-corrected chi connectivity index (χ2v) is 5.92. The van der Waals surface area contributed by atoms with Gasteiger partial charge < -0.3 is 0 Å². The van der Waals surface area contributed by atoms with Crippen molar-refractivity contribution in [1.82, 2.24) is 10.2 Å². The molecule has 1 aromatic carbocycles. The number of hydrogen-bond acceptors (Lipinski definition) is 3. The number of likely N-dealkylation sites (N-methyl/N-ethyl adjacent to an activating group) is 1. The lowest BCUT2D eigenvalue weighted by molar-refractivity contribution is -0.148. The fourth-order valence-corrected chi connectivity index (χ4v) is 2.89. The Hall–Kier alpha value is -1.75. The van der Waals surface area contributed by atoms with Gasteiger partial charge in [-0.1, -0.05) is 12.1 Å². The molecule has 1 heterocycles. The van der Waals surface area contributed by atoms with Gasteiger partial charge in [-0.3, -0.25) is 19.8 Å². The lowest BCUT2D eigenvalue weighted by atomic mass is 9.98. The number of carbonyl (C=O) groups excluding carboxylic acids is 2. The van der Waals surface area contributed by atoms with Gasteiger partial charge in [0, 0.05) is 19.5 Å². The van der Waals surface area contributed by atoms with E-state index in [0.29, 0.717) is 18.8 Å². The molecule has 1 aliphatic carbocycles. The molecule has 2 unspecified atom stereocenters. The van der Waals surface area contributed by atoms with Crippen LogP contribution in [0.15, 0.2) is 24.3 Å². The summed E-state index contributed by atoms with van der Waals surface area (Å²) in [6.45, 7) is 0. The normalized spacial score (nSPS) is 24.3. The number of carbonyl (C=O) groups is 2. The van der Waals surface area contributed by atoms with Crippen LogP contribution in [0.25, 0.3) is 0 Å². The fraction of sp³-hybridized carbons (Fsp3) is 0.500. The van der Waals surface area contributed by atoms with Crippen molar-refractivity contribution in [1.29, 1.82) is 0 Å². The van der Waals surface area contributed by atoms with Crippen molar-refractivity contribution in [3.63, 3.8) is 0 Å². The first-order chi connectivity index (χ1) is 10.1. The Morgan fingerprint density at radius 1 is 1.19 bits per heavy atom. The number of rotatable bonds is 4. The summed E-state index contributed by atoms with van der Waals surface area (Å²) in [5.41, 5.74) is 1.01. The van der Waals surface area contributed by atoms with Crippen LogP contribution in [0.2, 0.25) is 0 Å². The molecule has 0 radical (unpaired) electrons. The van der Waals surface area contributed by atoms with E-state index >= 15 is 0 Å². The van der Waals surface area contributed by atoms with Crippen LogP contribution in [0.3, 0.4) is 0 Å². The lowest BCUT2D eigenvalue weighted by Crippen LogP contribution is -2.52. The summed E-state index contributed by atoms with van der Waals surface area (Å²) in [6, 6.07) is 6.17. The van der Waals surface area contributed by atoms with Crippen LogP contribution in [-0.4, -0.2) is 29.8 Å². The average Bonchev–Trinajstić information content (AvgIpc) is 3.30. The number of imide groups is 1. The Balaban J connectivity index is 1.75. The van der Waals surface area contributed by atoms with Crippen molar-refractivity contribution < 1.29 is 14.0 Å². The van der Waals surface area contributed by atoms with Gasteiger partial charge in [0.1, 0.15) is 5.82 Å². The standard InChI is InChI=1S/C16H19FN2O2/c1-19-14(20)9-8-13(16(19)21)18-15(10-2-3-10)11-4-6-12(17)7-5-11/h4-7,10,13,15,18H,2-3,8-9H2,1H3. The van der Waals surface area contributed by atoms with Gasteiger partial charge >= 0.3 is 0 Å². The SMILES string of the molecule is CN1C(=O)CCC(NC(c2ccc(F)cc2)C2CC2)C1=O. The monoisotopic (exact) mass is 290 g/mol. The highest BCUT2D eigenvalue weighted by atomic mass is 19.1. The molecule has 1 saturated carbocycles. The van der Waals surface area contributed by atoms with E-state index in [1.807, 2.05) is 0 Å². The number of nitrogens with zero attached hydrogens (tertiary/aromatic N) is 1. The molecule has 2 amide bonds. The van der Waals surface area contributed by atoms with Crippen LogP contribution < -0.4 is 5.32 Å². The van der Waals surface area contributed by atoms with E-state index in [2.05, 4.69) is 5.32 Å². The number of hydrogen-bond donors (Lipinski definition) is 1. The van der Waals surface area contributed by atoms with Gasteiger partial charge in [0.2, 0.25) is 11.8 Å². The maximum Gasteiger partial charge on any atom is 0.246 e. The quantitative estimate of drug-likeness (QED) is 0.863. The summed E-state index contributed by atoms with van der Waals surface area (Å²) >= 11 is 0. The lowest BCUT2D eigenvalue weighted by Gasteiger charge is -2.31. The summed E-state index contributed by atoms with van der Waals surface area (Å²) in [6.07, 6.45) is 3.16. The molecule has 0 spiro atoms. The van der Waals surface area contributed by atoms with Gasteiger partial charge in [0.25, 0.3) is 0 Å². The number of benzene rings is 1. The molecule has 1 N–H and O–H groups in total. The second-order valence-electron chi connectivity index (χ2n) is 5.92. The largest absolute Gasteiger partial charge is 0.299 e. The van der Waals surface area contributed by atoms with Crippen LogP contribution in [-0.2, 0) is 9.59 Å². The summed E-state index contributed by atoms with van der Waals surface area (Å²) < 4.78 is 13.1. The number of likely N-dealkylation sites (tertiary alicyclic amines) is 1. The molecule has 1 saturated heterocycles. The Morgan fingerprint density at radius 2 is 1.86 bits per heavy atom. The molecule has 0 bridgehead atoms. The van der Waals surface area contributed by atoms with Crippen LogP contribution in [0.4, 0.5) is 4.39 Å². The minimum absolute atomic E-state index is 0.0566. The molecule has 21 heavy (non-hydrogen) atoms. The molecule has 4 nitrogen and oxygen atoms in total. The summed E-state index contributed by atoms with van der Waals surface area (Å²) in [7, 11) is 1.53. The number of halogens is 1. The van der Waals surface area contributed by atoms with Gasteiger partial charge in [-0.05, 0) is 42.9 Å². The first-order valence-electron chi connectivity index (χ1n) is 7.38. The highest BCUT2D eigenvalue weighted by Gasteiger charge is 2.38. The fourth-order valence-electron chi connectivity index (χ4n) is 2.89. The van der Waals surface area contributed by atoms with Crippen LogP contribution in [0, 0.1) is 11.7 Å². The van der Waals surface area contributed by atoms with Crippen molar-refractivity contribution >= 4 is 11.8 Å². The first kappa shape index (κ1) is 14.2. The molecule has 1 aliphatic heterocycles. The van der Waals surface area contributed by atoms with Crippen molar-refractivity contribution in [2.75, 3.05) is 7.05 Å². The van der Waals surface area contributed by atoms with Gasteiger partial charge in [-0.2, -0.15) is 0 Å². The van der Waals surface area contributed by atoms with Crippen LogP contribution in [0.5, 0.6) is 0 Å².